The Morgan fingerprint density at radius 1 is 1.46 bits per heavy atom. The predicted molar refractivity (Wildman–Crippen MR) is 87.3 cm³/mol. The number of alkyl halides is 1. The van der Waals surface area contributed by atoms with Gasteiger partial charge in [0.05, 0.1) is 24.4 Å². The molecule has 2 aliphatic rings. The van der Waals surface area contributed by atoms with Crippen LogP contribution in [0.2, 0.25) is 0 Å². The molecule has 136 valence electrons. The van der Waals surface area contributed by atoms with Gasteiger partial charge in [-0.3, -0.25) is 4.79 Å². The molecule has 2 rings (SSSR count). The lowest BCUT2D eigenvalue weighted by Crippen LogP contribution is -2.47. The van der Waals surface area contributed by atoms with Crippen molar-refractivity contribution >= 4 is 15.9 Å². The normalized spacial score (nSPS) is 28.5. The van der Waals surface area contributed by atoms with E-state index in [-0.39, 0.29) is 31.5 Å². The van der Waals surface area contributed by atoms with E-state index in [1.807, 2.05) is 6.07 Å². The van der Waals surface area contributed by atoms with Crippen LogP contribution in [0, 0.1) is 11.3 Å². The Labute approximate surface area is 142 Å². The first-order valence-corrected chi connectivity index (χ1v) is 9.82. The molecule has 0 saturated carbocycles. The molecular formula is C15H25FN4O3S. The summed E-state index contributed by atoms with van der Waals surface area (Å²) in [4.78, 5) is 13.4. The first-order valence-electron chi connectivity index (χ1n) is 8.32. The molecule has 1 amide bonds. The molecule has 2 saturated heterocycles. The maximum absolute atomic E-state index is 13.4. The topological polar surface area (TPSA) is 93.5 Å². The number of rotatable bonds is 6. The van der Waals surface area contributed by atoms with Crippen LogP contribution in [0.5, 0.6) is 0 Å². The van der Waals surface area contributed by atoms with Gasteiger partial charge in [-0.05, 0) is 26.7 Å². The number of sulfonamides is 1. The maximum Gasteiger partial charge on any atom is 0.237 e. The molecular weight excluding hydrogens is 335 g/mol. The molecule has 2 aliphatic heterocycles. The fraction of sp³-hybridized carbons (Fsp3) is 0.867. The van der Waals surface area contributed by atoms with E-state index in [2.05, 4.69) is 5.32 Å². The molecule has 0 aromatic rings. The van der Waals surface area contributed by atoms with Gasteiger partial charge in [0, 0.05) is 25.6 Å². The third kappa shape index (κ3) is 4.05. The number of amides is 1. The molecule has 0 aromatic carbocycles. The highest BCUT2D eigenvalue weighted by Crippen LogP contribution is 2.23. The standard InChI is InChI=1S/C15H25FN4O3S/c1-11(2)24(22,23)20-5-3-4-13(20)8-18-9-15(21)19-10-12(16)6-14(19)7-17/h11-14,18H,3-6,8-10H2,1-2H3/t12-,13-,14-/m0/s1. The van der Waals surface area contributed by atoms with Gasteiger partial charge in [-0.2, -0.15) is 9.57 Å². The van der Waals surface area contributed by atoms with Crippen LogP contribution in [0.15, 0.2) is 0 Å². The average molecular weight is 360 g/mol. The molecule has 0 spiro atoms. The Balaban J connectivity index is 1.85. The number of halogens is 1. The van der Waals surface area contributed by atoms with E-state index >= 15 is 0 Å². The molecule has 7 nitrogen and oxygen atoms in total. The van der Waals surface area contributed by atoms with Crippen LogP contribution in [-0.2, 0) is 14.8 Å². The van der Waals surface area contributed by atoms with Crippen LogP contribution >= 0.6 is 0 Å². The van der Waals surface area contributed by atoms with Gasteiger partial charge in [-0.1, -0.05) is 0 Å². The highest BCUT2D eigenvalue weighted by molar-refractivity contribution is 7.89. The van der Waals surface area contributed by atoms with E-state index in [1.165, 1.54) is 9.21 Å². The third-order valence-corrected chi connectivity index (χ3v) is 6.95. The molecule has 0 radical (unpaired) electrons. The number of hydrogen-bond donors (Lipinski definition) is 1. The number of carbonyl (C=O) groups is 1. The molecule has 0 aliphatic carbocycles. The summed E-state index contributed by atoms with van der Waals surface area (Å²) < 4.78 is 39.5. The highest BCUT2D eigenvalue weighted by atomic mass is 32.2. The Bertz CT molecular complexity index is 604. The summed E-state index contributed by atoms with van der Waals surface area (Å²) in [5.41, 5.74) is 0. The van der Waals surface area contributed by atoms with Crippen LogP contribution in [-0.4, -0.2) is 73.2 Å². The number of nitrogens with one attached hydrogen (secondary N) is 1. The third-order valence-electron chi connectivity index (χ3n) is 4.62. The summed E-state index contributed by atoms with van der Waals surface area (Å²) in [5, 5.41) is 11.5. The number of carbonyl (C=O) groups excluding carboxylic acids is 1. The highest BCUT2D eigenvalue weighted by Gasteiger charge is 2.37. The van der Waals surface area contributed by atoms with Crippen molar-refractivity contribution in [1.29, 1.82) is 5.26 Å². The van der Waals surface area contributed by atoms with Crippen molar-refractivity contribution in [3.8, 4) is 6.07 Å². The van der Waals surface area contributed by atoms with Gasteiger partial charge in [-0.15, -0.1) is 0 Å². The summed E-state index contributed by atoms with van der Waals surface area (Å²) in [6, 6.07) is 1.07. The van der Waals surface area contributed by atoms with Crippen LogP contribution in [0.3, 0.4) is 0 Å². The second-order valence-electron chi connectivity index (χ2n) is 6.66. The lowest BCUT2D eigenvalue weighted by Gasteiger charge is -2.26. The Kier molecular flexibility index (Phi) is 6.17. The van der Waals surface area contributed by atoms with E-state index in [0.717, 1.165) is 12.8 Å². The van der Waals surface area contributed by atoms with Gasteiger partial charge in [0.25, 0.3) is 0 Å². The van der Waals surface area contributed by atoms with Crippen LogP contribution < -0.4 is 5.32 Å². The van der Waals surface area contributed by atoms with Crippen molar-refractivity contribution in [2.45, 2.75) is 56.6 Å². The molecule has 1 N–H and O–H groups in total. The number of likely N-dealkylation sites (tertiary alicyclic amines) is 1. The van der Waals surface area contributed by atoms with Gasteiger partial charge < -0.3 is 10.2 Å². The average Bonchev–Trinajstić information content (AvgIpc) is 3.13. The second-order valence-corrected chi connectivity index (χ2v) is 9.10. The molecule has 2 heterocycles. The molecule has 0 unspecified atom stereocenters. The zero-order valence-corrected chi connectivity index (χ0v) is 14.9. The Hall–Kier alpha value is -1.24. The van der Waals surface area contributed by atoms with Crippen molar-refractivity contribution in [2.24, 2.45) is 0 Å². The fourth-order valence-electron chi connectivity index (χ4n) is 3.25. The minimum atomic E-state index is -3.31. The van der Waals surface area contributed by atoms with Crippen molar-refractivity contribution in [2.75, 3.05) is 26.2 Å². The van der Waals surface area contributed by atoms with E-state index in [0.29, 0.717) is 13.1 Å². The summed E-state index contributed by atoms with van der Waals surface area (Å²) in [5.74, 6) is -0.321. The maximum atomic E-state index is 13.4. The number of hydrogen-bond acceptors (Lipinski definition) is 5. The Morgan fingerprint density at radius 2 is 2.17 bits per heavy atom. The first-order chi connectivity index (χ1) is 11.3. The van der Waals surface area contributed by atoms with Gasteiger partial charge in [0.1, 0.15) is 12.2 Å². The van der Waals surface area contributed by atoms with Crippen molar-refractivity contribution in [3.05, 3.63) is 0 Å². The molecule has 0 aromatic heterocycles. The molecule has 9 heteroatoms. The fourth-order valence-corrected chi connectivity index (χ4v) is 4.77. The largest absolute Gasteiger partial charge is 0.323 e. The Morgan fingerprint density at radius 3 is 2.79 bits per heavy atom. The van der Waals surface area contributed by atoms with Gasteiger partial charge in [-0.25, -0.2) is 12.8 Å². The van der Waals surface area contributed by atoms with E-state index in [9.17, 15) is 17.6 Å². The van der Waals surface area contributed by atoms with Crippen LogP contribution in [0.25, 0.3) is 0 Å². The molecule has 24 heavy (non-hydrogen) atoms. The van der Waals surface area contributed by atoms with Crippen molar-refractivity contribution < 1.29 is 17.6 Å². The second kappa shape index (κ2) is 7.76. The predicted octanol–water partition coefficient (Wildman–Crippen LogP) is 0.241. The lowest BCUT2D eigenvalue weighted by molar-refractivity contribution is -0.130. The zero-order valence-electron chi connectivity index (χ0n) is 14.1. The molecule has 3 atom stereocenters. The molecule has 2 fully saturated rings. The van der Waals surface area contributed by atoms with Gasteiger partial charge in [0.2, 0.25) is 15.9 Å². The summed E-state index contributed by atoms with van der Waals surface area (Å²) in [7, 11) is -3.31. The summed E-state index contributed by atoms with van der Waals surface area (Å²) in [6.07, 6.45) is 0.466. The van der Waals surface area contributed by atoms with Crippen LogP contribution in [0.1, 0.15) is 33.1 Å². The molecule has 0 bridgehead atoms. The first kappa shape index (κ1) is 19.1. The SMILES string of the molecule is CC(C)S(=O)(=O)N1CCC[C@H]1CNCC(=O)N1C[C@@H](F)C[C@H]1C#N. The number of nitriles is 1. The van der Waals surface area contributed by atoms with Gasteiger partial charge >= 0.3 is 0 Å². The lowest BCUT2D eigenvalue weighted by atomic mass is 10.2. The van der Waals surface area contributed by atoms with E-state index in [1.54, 1.807) is 13.8 Å². The summed E-state index contributed by atoms with van der Waals surface area (Å²) >= 11 is 0. The van der Waals surface area contributed by atoms with Crippen molar-refractivity contribution in [3.63, 3.8) is 0 Å². The van der Waals surface area contributed by atoms with Gasteiger partial charge in [0.15, 0.2) is 0 Å². The van der Waals surface area contributed by atoms with E-state index < -0.39 is 27.5 Å². The zero-order chi connectivity index (χ0) is 17.9. The minimum Gasteiger partial charge on any atom is -0.323 e. The summed E-state index contributed by atoms with van der Waals surface area (Å²) in [6.45, 7) is 4.14. The van der Waals surface area contributed by atoms with Crippen molar-refractivity contribution in [1.82, 2.24) is 14.5 Å². The van der Waals surface area contributed by atoms with Crippen LogP contribution in [0.4, 0.5) is 4.39 Å². The number of nitrogens with zero attached hydrogens (tertiary/aromatic N) is 3. The van der Waals surface area contributed by atoms with E-state index in [4.69, 9.17) is 5.26 Å². The minimum absolute atomic E-state index is 0.0169. The quantitative estimate of drug-likeness (QED) is 0.732. The smallest absolute Gasteiger partial charge is 0.237 e. The monoisotopic (exact) mass is 360 g/mol.